The number of aliphatic hydroxyl groups is 1. The predicted molar refractivity (Wildman–Crippen MR) is 58.3 cm³/mol. The van der Waals surface area contributed by atoms with Gasteiger partial charge in [0.1, 0.15) is 0 Å². The molecule has 0 unspecified atom stereocenters. The fourth-order valence-electron chi connectivity index (χ4n) is 1.32. The molecule has 0 amide bonds. The standard InChI is InChI=1S/C10H12F3NO.ClH/c1-9(2,15)8-5-6(14)3-4-7(8)10(11,12)13;/h3-5,15H,14H2,1-2H3;1H. The molecular weight excluding hydrogens is 243 g/mol. The molecule has 0 atom stereocenters. The Morgan fingerprint density at radius 1 is 1.12 bits per heavy atom. The van der Waals surface area contributed by atoms with E-state index in [1.807, 2.05) is 0 Å². The molecule has 1 rings (SSSR count). The number of benzene rings is 1. The average molecular weight is 256 g/mol. The first-order valence-corrected chi connectivity index (χ1v) is 4.32. The first-order valence-electron chi connectivity index (χ1n) is 4.32. The highest BCUT2D eigenvalue weighted by Gasteiger charge is 2.36. The zero-order valence-corrected chi connectivity index (χ0v) is 9.62. The Morgan fingerprint density at radius 3 is 2.00 bits per heavy atom. The number of hydrogen-bond donors (Lipinski definition) is 2. The Bertz CT molecular complexity index is 371. The van der Waals surface area contributed by atoms with Gasteiger partial charge in [-0.05, 0) is 37.6 Å². The smallest absolute Gasteiger partial charge is 0.399 e. The number of rotatable bonds is 1. The molecule has 0 fully saturated rings. The fourth-order valence-corrected chi connectivity index (χ4v) is 1.32. The van der Waals surface area contributed by atoms with Crippen LogP contribution in [0.4, 0.5) is 18.9 Å². The van der Waals surface area contributed by atoms with Gasteiger partial charge in [0.05, 0.1) is 11.2 Å². The van der Waals surface area contributed by atoms with Gasteiger partial charge in [0, 0.05) is 5.69 Å². The number of nitrogen functional groups attached to an aromatic ring is 1. The van der Waals surface area contributed by atoms with Crippen LogP contribution in [0.3, 0.4) is 0 Å². The van der Waals surface area contributed by atoms with Gasteiger partial charge in [-0.3, -0.25) is 0 Å². The van der Waals surface area contributed by atoms with Crippen molar-refractivity contribution >= 4 is 18.1 Å². The van der Waals surface area contributed by atoms with Crippen LogP contribution < -0.4 is 5.73 Å². The molecule has 0 aliphatic heterocycles. The van der Waals surface area contributed by atoms with E-state index in [1.54, 1.807) is 0 Å². The molecule has 92 valence electrons. The third-order valence-electron chi connectivity index (χ3n) is 2.01. The van der Waals surface area contributed by atoms with Crippen LogP contribution >= 0.6 is 12.4 Å². The normalized spacial score (nSPS) is 12.1. The summed E-state index contributed by atoms with van der Waals surface area (Å²) in [6.07, 6.45) is -4.48. The summed E-state index contributed by atoms with van der Waals surface area (Å²) in [4.78, 5) is 0. The molecule has 0 heterocycles. The maximum Gasteiger partial charge on any atom is 0.416 e. The highest BCUT2D eigenvalue weighted by Crippen LogP contribution is 2.37. The first-order chi connectivity index (χ1) is 6.62. The number of hydrogen-bond acceptors (Lipinski definition) is 2. The predicted octanol–water partition coefficient (Wildman–Crippen LogP) is 2.94. The molecule has 0 aromatic heterocycles. The monoisotopic (exact) mass is 255 g/mol. The largest absolute Gasteiger partial charge is 0.416 e. The topological polar surface area (TPSA) is 46.2 Å². The van der Waals surface area contributed by atoms with Crippen molar-refractivity contribution in [2.75, 3.05) is 5.73 Å². The number of halogens is 4. The van der Waals surface area contributed by atoms with Crippen LogP contribution in [0.5, 0.6) is 0 Å². The highest BCUT2D eigenvalue weighted by atomic mass is 35.5. The fraction of sp³-hybridized carbons (Fsp3) is 0.400. The quantitative estimate of drug-likeness (QED) is 0.758. The zero-order valence-electron chi connectivity index (χ0n) is 8.80. The van der Waals surface area contributed by atoms with Gasteiger partial charge in [0.2, 0.25) is 0 Å². The molecule has 0 bridgehead atoms. The molecule has 1 aromatic rings. The number of alkyl halides is 3. The van der Waals surface area contributed by atoms with Gasteiger partial charge in [-0.15, -0.1) is 12.4 Å². The Kier molecular flexibility index (Phi) is 4.24. The summed E-state index contributed by atoms with van der Waals surface area (Å²) in [6, 6.07) is 3.18. The van der Waals surface area contributed by atoms with Crippen LogP contribution in [0.2, 0.25) is 0 Å². The van der Waals surface area contributed by atoms with E-state index >= 15 is 0 Å². The van der Waals surface area contributed by atoms with Gasteiger partial charge in [-0.2, -0.15) is 13.2 Å². The second kappa shape index (κ2) is 4.51. The Morgan fingerprint density at radius 2 is 1.62 bits per heavy atom. The lowest BCUT2D eigenvalue weighted by Crippen LogP contribution is -2.22. The van der Waals surface area contributed by atoms with E-state index in [9.17, 15) is 18.3 Å². The summed E-state index contributed by atoms with van der Waals surface area (Å²) in [7, 11) is 0. The van der Waals surface area contributed by atoms with Gasteiger partial charge in [-0.25, -0.2) is 0 Å². The lowest BCUT2D eigenvalue weighted by atomic mass is 9.92. The SMILES string of the molecule is CC(C)(O)c1cc(N)ccc1C(F)(F)F.Cl. The maximum atomic E-state index is 12.6. The summed E-state index contributed by atoms with van der Waals surface area (Å²) in [6.45, 7) is 2.58. The molecule has 3 N–H and O–H groups in total. The van der Waals surface area contributed by atoms with Gasteiger partial charge in [-0.1, -0.05) is 0 Å². The van der Waals surface area contributed by atoms with E-state index in [0.717, 1.165) is 18.2 Å². The second-order valence-corrected chi connectivity index (χ2v) is 3.86. The summed E-state index contributed by atoms with van der Waals surface area (Å²) in [5, 5.41) is 9.60. The van der Waals surface area contributed by atoms with Crippen molar-refractivity contribution in [1.29, 1.82) is 0 Å². The molecule has 0 spiro atoms. The third kappa shape index (κ3) is 3.28. The highest BCUT2D eigenvalue weighted by molar-refractivity contribution is 5.85. The minimum Gasteiger partial charge on any atom is -0.399 e. The zero-order chi connectivity index (χ0) is 11.9. The molecular formula is C10H13ClF3NO. The van der Waals surface area contributed by atoms with E-state index in [0.29, 0.717) is 0 Å². The van der Waals surface area contributed by atoms with Crippen LogP contribution in [0.25, 0.3) is 0 Å². The van der Waals surface area contributed by atoms with Crippen LogP contribution in [-0.2, 0) is 11.8 Å². The van der Waals surface area contributed by atoms with Crippen LogP contribution in [-0.4, -0.2) is 5.11 Å². The Hall–Kier alpha value is -0.940. The van der Waals surface area contributed by atoms with E-state index < -0.39 is 17.3 Å². The van der Waals surface area contributed by atoms with E-state index in [1.165, 1.54) is 13.8 Å². The molecule has 2 nitrogen and oxygen atoms in total. The summed E-state index contributed by atoms with van der Waals surface area (Å²) >= 11 is 0. The molecule has 0 saturated carbocycles. The average Bonchev–Trinajstić information content (AvgIpc) is 2.00. The Balaban J connectivity index is 0.00000225. The molecule has 16 heavy (non-hydrogen) atoms. The maximum absolute atomic E-state index is 12.6. The molecule has 0 aliphatic carbocycles. The van der Waals surface area contributed by atoms with Gasteiger partial charge in [0.15, 0.2) is 0 Å². The Labute approximate surface area is 97.7 Å². The van der Waals surface area contributed by atoms with Crippen molar-refractivity contribution in [3.8, 4) is 0 Å². The summed E-state index contributed by atoms with van der Waals surface area (Å²) in [5.41, 5.74) is 2.94. The van der Waals surface area contributed by atoms with Gasteiger partial charge < -0.3 is 10.8 Å². The van der Waals surface area contributed by atoms with Crippen LogP contribution in [0.15, 0.2) is 18.2 Å². The van der Waals surface area contributed by atoms with E-state index in [2.05, 4.69) is 0 Å². The lowest BCUT2D eigenvalue weighted by molar-refractivity contribution is -0.140. The van der Waals surface area contributed by atoms with Crippen molar-refractivity contribution in [2.24, 2.45) is 0 Å². The molecule has 1 aromatic carbocycles. The van der Waals surface area contributed by atoms with Crippen molar-refractivity contribution in [3.63, 3.8) is 0 Å². The molecule has 0 aliphatic rings. The van der Waals surface area contributed by atoms with Crippen LogP contribution in [0, 0.1) is 0 Å². The minimum atomic E-state index is -4.48. The van der Waals surface area contributed by atoms with Crippen molar-refractivity contribution < 1.29 is 18.3 Å². The second-order valence-electron chi connectivity index (χ2n) is 3.86. The molecule has 0 radical (unpaired) electrons. The number of nitrogens with two attached hydrogens (primary N) is 1. The lowest BCUT2D eigenvalue weighted by Gasteiger charge is -2.23. The first kappa shape index (κ1) is 15.1. The summed E-state index contributed by atoms with van der Waals surface area (Å²) in [5.74, 6) is 0. The van der Waals surface area contributed by atoms with E-state index in [-0.39, 0.29) is 23.7 Å². The minimum absolute atomic E-state index is 0. The van der Waals surface area contributed by atoms with Crippen molar-refractivity contribution in [3.05, 3.63) is 29.3 Å². The van der Waals surface area contributed by atoms with Gasteiger partial charge >= 0.3 is 6.18 Å². The number of anilines is 1. The third-order valence-corrected chi connectivity index (χ3v) is 2.01. The molecule has 6 heteroatoms. The summed E-state index contributed by atoms with van der Waals surface area (Å²) < 4.78 is 37.7. The van der Waals surface area contributed by atoms with Crippen molar-refractivity contribution in [1.82, 2.24) is 0 Å². The van der Waals surface area contributed by atoms with Crippen LogP contribution in [0.1, 0.15) is 25.0 Å². The molecule has 0 saturated heterocycles. The van der Waals surface area contributed by atoms with Crippen molar-refractivity contribution in [2.45, 2.75) is 25.6 Å². The van der Waals surface area contributed by atoms with E-state index in [4.69, 9.17) is 5.73 Å². The van der Waals surface area contributed by atoms with Gasteiger partial charge in [0.25, 0.3) is 0 Å².